The Kier molecular flexibility index (Phi) is 6.30. The van der Waals surface area contributed by atoms with Crippen LogP contribution in [0.15, 0.2) is 97.1 Å². The maximum Gasteiger partial charge on any atom is 0.170 e. The van der Waals surface area contributed by atoms with Gasteiger partial charge in [0.15, 0.2) is 5.78 Å². The van der Waals surface area contributed by atoms with Crippen molar-refractivity contribution in [2.75, 3.05) is 0 Å². The molecule has 3 rings (SSSR count). The van der Waals surface area contributed by atoms with Crippen molar-refractivity contribution < 1.29 is 14.7 Å². The van der Waals surface area contributed by atoms with Gasteiger partial charge in [-0.25, -0.2) is 0 Å². The van der Waals surface area contributed by atoms with Gasteiger partial charge in [0.2, 0.25) is 0 Å². The van der Waals surface area contributed by atoms with Gasteiger partial charge < -0.3 is 5.11 Å². The second-order valence-corrected chi connectivity index (χ2v) is 6.72. The van der Waals surface area contributed by atoms with E-state index in [2.05, 4.69) is 0 Å². The van der Waals surface area contributed by atoms with Crippen molar-refractivity contribution in [1.82, 2.24) is 0 Å². The van der Waals surface area contributed by atoms with Gasteiger partial charge in [-0.2, -0.15) is 0 Å². The van der Waals surface area contributed by atoms with Gasteiger partial charge in [-0.3, -0.25) is 9.59 Å². The summed E-state index contributed by atoms with van der Waals surface area (Å²) in [6, 6.07) is 27.3. The van der Waals surface area contributed by atoms with Crippen molar-refractivity contribution in [2.24, 2.45) is 0 Å². The molecule has 0 saturated heterocycles. The number of rotatable bonds is 8. The standard InChI is InChI=1S/C25H22O3/c26-23(18-24(27)21-12-6-2-7-13-21)19-25(28,22-14-8-3-9-15-22)17-16-20-10-4-1-5-11-20/h1-17,28H,18-19H2/b17-16+/t25-/m0/s1. The average molecular weight is 370 g/mol. The van der Waals surface area contributed by atoms with E-state index in [-0.39, 0.29) is 24.4 Å². The Labute approximate surface area is 165 Å². The Bertz CT molecular complexity index is 947. The number of carbonyl (C=O) groups excluding carboxylic acids is 2. The van der Waals surface area contributed by atoms with Gasteiger partial charge in [-0.15, -0.1) is 0 Å². The van der Waals surface area contributed by atoms with Crippen LogP contribution in [0.4, 0.5) is 0 Å². The number of hydrogen-bond donors (Lipinski definition) is 1. The van der Waals surface area contributed by atoms with Gasteiger partial charge in [-0.1, -0.05) is 97.1 Å². The first-order chi connectivity index (χ1) is 13.6. The number of hydrogen-bond acceptors (Lipinski definition) is 3. The third-order valence-corrected chi connectivity index (χ3v) is 4.54. The average Bonchev–Trinajstić information content (AvgIpc) is 2.74. The minimum absolute atomic E-state index is 0.168. The lowest BCUT2D eigenvalue weighted by Gasteiger charge is -2.24. The molecule has 0 saturated carbocycles. The van der Waals surface area contributed by atoms with Crippen molar-refractivity contribution in [3.8, 4) is 0 Å². The van der Waals surface area contributed by atoms with Crippen LogP contribution in [0.1, 0.15) is 34.3 Å². The summed E-state index contributed by atoms with van der Waals surface area (Å²) in [7, 11) is 0. The van der Waals surface area contributed by atoms with E-state index in [1.807, 2.05) is 54.6 Å². The smallest absolute Gasteiger partial charge is 0.170 e. The summed E-state index contributed by atoms with van der Waals surface area (Å²) in [6.45, 7) is 0. The third-order valence-electron chi connectivity index (χ3n) is 4.54. The number of Topliss-reactive ketones (excluding diaryl/α,β-unsaturated/α-hetero) is 2. The summed E-state index contributed by atoms with van der Waals surface area (Å²) < 4.78 is 0. The van der Waals surface area contributed by atoms with Crippen LogP contribution in [0.2, 0.25) is 0 Å². The third kappa shape index (κ3) is 5.12. The van der Waals surface area contributed by atoms with Gasteiger partial charge in [-0.05, 0) is 17.2 Å². The zero-order valence-corrected chi connectivity index (χ0v) is 15.5. The maximum atomic E-state index is 12.6. The Morgan fingerprint density at radius 1 is 0.786 bits per heavy atom. The first-order valence-electron chi connectivity index (χ1n) is 9.19. The summed E-state index contributed by atoms with van der Waals surface area (Å²) in [6.07, 6.45) is 3.01. The number of ketones is 2. The fraction of sp³-hybridized carbons (Fsp3) is 0.120. The molecule has 0 aliphatic heterocycles. The lowest BCUT2D eigenvalue weighted by atomic mass is 9.86. The molecule has 0 aromatic heterocycles. The highest BCUT2D eigenvalue weighted by atomic mass is 16.3. The fourth-order valence-corrected chi connectivity index (χ4v) is 3.05. The van der Waals surface area contributed by atoms with E-state index in [1.165, 1.54) is 0 Å². The highest BCUT2D eigenvalue weighted by Crippen LogP contribution is 2.29. The van der Waals surface area contributed by atoms with E-state index >= 15 is 0 Å². The van der Waals surface area contributed by atoms with Crippen LogP contribution < -0.4 is 0 Å². The summed E-state index contributed by atoms with van der Waals surface area (Å²) >= 11 is 0. The van der Waals surface area contributed by atoms with Gasteiger partial charge in [0.25, 0.3) is 0 Å². The molecule has 3 heteroatoms. The van der Waals surface area contributed by atoms with Crippen LogP contribution >= 0.6 is 0 Å². The number of aliphatic hydroxyl groups is 1. The van der Waals surface area contributed by atoms with E-state index in [0.29, 0.717) is 11.1 Å². The largest absolute Gasteiger partial charge is 0.381 e. The van der Waals surface area contributed by atoms with Gasteiger partial charge in [0, 0.05) is 12.0 Å². The normalized spacial score (nSPS) is 13.2. The lowest BCUT2D eigenvalue weighted by Crippen LogP contribution is -2.27. The van der Waals surface area contributed by atoms with Gasteiger partial charge in [0.1, 0.15) is 11.4 Å². The highest BCUT2D eigenvalue weighted by Gasteiger charge is 2.30. The molecule has 28 heavy (non-hydrogen) atoms. The van der Waals surface area contributed by atoms with Crippen molar-refractivity contribution in [2.45, 2.75) is 18.4 Å². The molecule has 1 atom stereocenters. The molecule has 0 aliphatic carbocycles. The quantitative estimate of drug-likeness (QED) is 0.457. The van der Waals surface area contributed by atoms with Crippen molar-refractivity contribution >= 4 is 17.6 Å². The Morgan fingerprint density at radius 3 is 1.93 bits per heavy atom. The van der Waals surface area contributed by atoms with Gasteiger partial charge >= 0.3 is 0 Å². The summed E-state index contributed by atoms with van der Waals surface area (Å²) in [5.74, 6) is -0.550. The molecule has 3 nitrogen and oxygen atoms in total. The first-order valence-corrected chi connectivity index (χ1v) is 9.19. The molecule has 0 spiro atoms. The molecule has 3 aromatic carbocycles. The van der Waals surface area contributed by atoms with Crippen LogP contribution in [-0.2, 0) is 10.4 Å². The zero-order valence-electron chi connectivity index (χ0n) is 15.5. The topological polar surface area (TPSA) is 54.4 Å². The van der Waals surface area contributed by atoms with Crippen LogP contribution in [0, 0.1) is 0 Å². The van der Waals surface area contributed by atoms with Crippen LogP contribution in [0.5, 0.6) is 0 Å². The van der Waals surface area contributed by atoms with Crippen molar-refractivity contribution in [3.63, 3.8) is 0 Å². The number of carbonyl (C=O) groups is 2. The van der Waals surface area contributed by atoms with Crippen LogP contribution in [0.25, 0.3) is 6.08 Å². The summed E-state index contributed by atoms with van der Waals surface area (Å²) in [5, 5.41) is 11.3. The Hall–Kier alpha value is -3.30. The predicted molar refractivity (Wildman–Crippen MR) is 111 cm³/mol. The molecule has 0 radical (unpaired) electrons. The molecule has 1 N–H and O–H groups in total. The second kappa shape index (κ2) is 9.07. The minimum Gasteiger partial charge on any atom is -0.381 e. The zero-order chi connectivity index (χ0) is 19.8. The molecule has 140 valence electrons. The molecular formula is C25H22O3. The molecule has 0 unspecified atom stereocenters. The van der Waals surface area contributed by atoms with E-state index in [0.717, 1.165) is 5.56 Å². The summed E-state index contributed by atoms with van der Waals surface area (Å²) in [5.41, 5.74) is 0.553. The summed E-state index contributed by atoms with van der Waals surface area (Å²) in [4.78, 5) is 24.9. The lowest BCUT2D eigenvalue weighted by molar-refractivity contribution is -0.121. The van der Waals surface area contributed by atoms with E-state index < -0.39 is 5.60 Å². The van der Waals surface area contributed by atoms with Crippen molar-refractivity contribution in [3.05, 3.63) is 114 Å². The SMILES string of the molecule is O=C(CC(=O)c1ccccc1)C[C@@](O)(/C=C/c1ccccc1)c1ccccc1. The second-order valence-electron chi connectivity index (χ2n) is 6.72. The van der Waals surface area contributed by atoms with E-state index in [9.17, 15) is 14.7 Å². The van der Waals surface area contributed by atoms with Crippen LogP contribution in [0.3, 0.4) is 0 Å². The predicted octanol–water partition coefficient (Wildman–Crippen LogP) is 4.82. The molecule has 0 aliphatic rings. The molecule has 3 aromatic rings. The Balaban J connectivity index is 1.80. The molecule has 0 bridgehead atoms. The number of benzene rings is 3. The molecular weight excluding hydrogens is 348 g/mol. The van der Waals surface area contributed by atoms with Gasteiger partial charge in [0.05, 0.1) is 6.42 Å². The Morgan fingerprint density at radius 2 is 1.32 bits per heavy atom. The van der Waals surface area contributed by atoms with Crippen molar-refractivity contribution in [1.29, 1.82) is 0 Å². The van der Waals surface area contributed by atoms with E-state index in [1.54, 1.807) is 48.6 Å². The highest BCUT2D eigenvalue weighted by molar-refractivity contribution is 6.08. The first kappa shape index (κ1) is 19.5. The minimum atomic E-state index is -1.48. The fourth-order valence-electron chi connectivity index (χ4n) is 3.05. The molecule has 0 fully saturated rings. The molecule has 0 heterocycles. The monoisotopic (exact) mass is 370 g/mol. The maximum absolute atomic E-state index is 12.6. The van der Waals surface area contributed by atoms with E-state index in [4.69, 9.17) is 0 Å². The van der Waals surface area contributed by atoms with Crippen LogP contribution in [-0.4, -0.2) is 16.7 Å². The molecule has 0 amide bonds.